The van der Waals surface area contributed by atoms with E-state index in [9.17, 15) is 0 Å². The smallest absolute Gasteiger partial charge is 0.00327 e. The normalized spacial score (nSPS) is 47.3. The van der Waals surface area contributed by atoms with Gasteiger partial charge in [-0.25, -0.2) is 0 Å². The van der Waals surface area contributed by atoms with Gasteiger partial charge in [0.25, 0.3) is 0 Å². The van der Waals surface area contributed by atoms with Crippen LogP contribution in [0.3, 0.4) is 0 Å². The first-order chi connectivity index (χ1) is 6.63. The van der Waals surface area contributed by atoms with Crippen LogP contribution in [0.15, 0.2) is 12.2 Å². The summed E-state index contributed by atoms with van der Waals surface area (Å²) in [6.45, 7) is 9.48. The fourth-order valence-corrected chi connectivity index (χ4v) is 3.68. The molecule has 5 atom stereocenters. The van der Waals surface area contributed by atoms with Gasteiger partial charge in [-0.15, -0.1) is 0 Å². The Morgan fingerprint density at radius 3 is 2.57 bits per heavy atom. The molecule has 0 aromatic heterocycles. The summed E-state index contributed by atoms with van der Waals surface area (Å²) in [5.41, 5.74) is 0.655. The Labute approximate surface area is 88.8 Å². The maximum atomic E-state index is 2.57. The number of hydrogen-bond acceptors (Lipinski definition) is 0. The molecule has 80 valence electrons. The first-order valence-corrected chi connectivity index (χ1v) is 6.32. The quantitative estimate of drug-likeness (QED) is 0.583. The Balaban J connectivity index is 1.92. The van der Waals surface area contributed by atoms with E-state index in [1.54, 1.807) is 0 Å². The molecule has 2 aliphatic carbocycles. The van der Waals surface area contributed by atoms with Crippen LogP contribution in [0.25, 0.3) is 0 Å². The number of rotatable bonds is 4. The van der Waals surface area contributed by atoms with Crippen molar-refractivity contribution in [1.82, 2.24) is 0 Å². The summed E-state index contributed by atoms with van der Waals surface area (Å²) in [5, 5.41) is 0. The van der Waals surface area contributed by atoms with E-state index in [1.807, 2.05) is 0 Å². The minimum Gasteiger partial charge on any atom is -0.0851 e. The van der Waals surface area contributed by atoms with Crippen LogP contribution < -0.4 is 0 Å². The van der Waals surface area contributed by atoms with Crippen molar-refractivity contribution in [3.8, 4) is 0 Å². The van der Waals surface area contributed by atoms with E-state index in [0.29, 0.717) is 5.41 Å². The zero-order chi connectivity index (χ0) is 10.3. The van der Waals surface area contributed by atoms with Crippen molar-refractivity contribution in [2.24, 2.45) is 29.1 Å². The first-order valence-electron chi connectivity index (χ1n) is 6.32. The molecule has 0 heteroatoms. The Bertz CT molecular complexity index is 225. The molecule has 2 aliphatic rings. The van der Waals surface area contributed by atoms with Crippen LogP contribution in [0.4, 0.5) is 0 Å². The maximum absolute atomic E-state index is 2.57. The minimum absolute atomic E-state index is 0.655. The minimum atomic E-state index is 0.655. The molecule has 0 heterocycles. The highest BCUT2D eigenvalue weighted by atomic mass is 14.7. The van der Waals surface area contributed by atoms with E-state index in [-0.39, 0.29) is 0 Å². The van der Waals surface area contributed by atoms with Crippen LogP contribution in [-0.2, 0) is 0 Å². The molecule has 0 aromatic carbocycles. The van der Waals surface area contributed by atoms with Crippen LogP contribution in [0.5, 0.6) is 0 Å². The maximum Gasteiger partial charge on any atom is -0.00327 e. The third-order valence-corrected chi connectivity index (χ3v) is 4.84. The molecule has 0 amide bonds. The monoisotopic (exact) mass is 192 g/mol. The van der Waals surface area contributed by atoms with Gasteiger partial charge in [0.15, 0.2) is 0 Å². The topological polar surface area (TPSA) is 0 Å². The number of allylic oxidation sites excluding steroid dienone is 2. The fourth-order valence-electron chi connectivity index (χ4n) is 3.68. The predicted molar refractivity (Wildman–Crippen MR) is 62.1 cm³/mol. The Kier molecular flexibility index (Phi) is 2.49. The van der Waals surface area contributed by atoms with Gasteiger partial charge >= 0.3 is 0 Å². The van der Waals surface area contributed by atoms with Crippen molar-refractivity contribution >= 4 is 0 Å². The van der Waals surface area contributed by atoms with E-state index in [2.05, 4.69) is 39.8 Å². The van der Waals surface area contributed by atoms with Gasteiger partial charge in [-0.1, -0.05) is 46.3 Å². The molecule has 0 spiro atoms. The second kappa shape index (κ2) is 3.40. The molecule has 0 N–H and O–H groups in total. The van der Waals surface area contributed by atoms with Crippen molar-refractivity contribution in [2.75, 3.05) is 0 Å². The Morgan fingerprint density at radius 2 is 2.14 bits per heavy atom. The molecule has 0 saturated heterocycles. The summed E-state index contributed by atoms with van der Waals surface area (Å²) >= 11 is 0. The van der Waals surface area contributed by atoms with Crippen LogP contribution in [0, 0.1) is 29.1 Å². The van der Waals surface area contributed by atoms with E-state index < -0.39 is 0 Å². The fraction of sp³-hybridized carbons (Fsp3) is 0.857. The van der Waals surface area contributed by atoms with Crippen molar-refractivity contribution in [3.63, 3.8) is 0 Å². The first kappa shape index (κ1) is 10.3. The van der Waals surface area contributed by atoms with Gasteiger partial charge in [-0.05, 0) is 41.9 Å². The lowest BCUT2D eigenvalue weighted by Crippen LogP contribution is -2.24. The molecule has 2 fully saturated rings. The molecule has 0 nitrogen and oxygen atoms in total. The highest BCUT2D eigenvalue weighted by Crippen LogP contribution is 2.75. The van der Waals surface area contributed by atoms with Gasteiger partial charge in [0.2, 0.25) is 0 Å². The van der Waals surface area contributed by atoms with Gasteiger partial charge < -0.3 is 0 Å². The molecule has 0 aromatic rings. The standard InChI is InChI=1S/C14H24/c1-5-6-10(2)7-8-14-11(3)9-13(14)12(14)4/h7-8,10-13H,5-6,9H2,1-4H3. The molecule has 5 unspecified atom stereocenters. The highest BCUT2D eigenvalue weighted by molar-refractivity contribution is 5.28. The molecule has 2 saturated carbocycles. The SMILES string of the molecule is CCCC(C)C=CC12C(C)CC1C2C. The summed E-state index contributed by atoms with van der Waals surface area (Å²) in [6.07, 6.45) is 9.19. The van der Waals surface area contributed by atoms with Crippen molar-refractivity contribution in [3.05, 3.63) is 12.2 Å². The third kappa shape index (κ3) is 1.26. The summed E-state index contributed by atoms with van der Waals surface area (Å²) in [6, 6.07) is 0. The zero-order valence-electron chi connectivity index (χ0n) is 10.1. The largest absolute Gasteiger partial charge is 0.0851 e. The molecule has 14 heavy (non-hydrogen) atoms. The summed E-state index contributed by atoms with van der Waals surface area (Å²) < 4.78 is 0. The van der Waals surface area contributed by atoms with Crippen LogP contribution in [-0.4, -0.2) is 0 Å². The van der Waals surface area contributed by atoms with Crippen molar-refractivity contribution in [1.29, 1.82) is 0 Å². The average molecular weight is 192 g/mol. The second-order valence-corrected chi connectivity index (χ2v) is 5.66. The van der Waals surface area contributed by atoms with Gasteiger partial charge in [-0.2, -0.15) is 0 Å². The highest BCUT2D eigenvalue weighted by Gasteiger charge is 2.70. The molecular weight excluding hydrogens is 168 g/mol. The molecule has 0 bridgehead atoms. The van der Waals surface area contributed by atoms with Crippen molar-refractivity contribution in [2.45, 2.75) is 47.0 Å². The van der Waals surface area contributed by atoms with Crippen molar-refractivity contribution < 1.29 is 0 Å². The van der Waals surface area contributed by atoms with Gasteiger partial charge in [0.1, 0.15) is 0 Å². The lowest BCUT2D eigenvalue weighted by atomic mass is 9.73. The van der Waals surface area contributed by atoms with Crippen LogP contribution in [0.1, 0.15) is 47.0 Å². The summed E-state index contributed by atoms with van der Waals surface area (Å²) in [5.74, 6) is 3.76. The van der Waals surface area contributed by atoms with Gasteiger partial charge in [0, 0.05) is 0 Å². The third-order valence-electron chi connectivity index (χ3n) is 4.84. The Morgan fingerprint density at radius 1 is 1.43 bits per heavy atom. The molecule has 0 radical (unpaired) electrons. The van der Waals surface area contributed by atoms with E-state index in [0.717, 1.165) is 23.7 Å². The zero-order valence-corrected chi connectivity index (χ0v) is 10.1. The average Bonchev–Trinajstić information content (AvgIpc) is 2.61. The van der Waals surface area contributed by atoms with Crippen LogP contribution >= 0.6 is 0 Å². The van der Waals surface area contributed by atoms with Gasteiger partial charge in [0.05, 0.1) is 0 Å². The summed E-state index contributed by atoms with van der Waals surface area (Å²) in [4.78, 5) is 0. The van der Waals surface area contributed by atoms with E-state index in [4.69, 9.17) is 0 Å². The lowest BCUT2D eigenvalue weighted by molar-refractivity contribution is 0.230. The van der Waals surface area contributed by atoms with Crippen LogP contribution in [0.2, 0.25) is 0 Å². The molecule has 0 aliphatic heterocycles. The number of hydrogen-bond donors (Lipinski definition) is 0. The van der Waals surface area contributed by atoms with E-state index >= 15 is 0 Å². The lowest BCUT2D eigenvalue weighted by Gasteiger charge is -2.31. The molecule has 2 rings (SSSR count). The second-order valence-electron chi connectivity index (χ2n) is 5.66. The predicted octanol–water partition coefficient (Wildman–Crippen LogP) is 4.27. The Hall–Kier alpha value is -0.260. The summed E-state index contributed by atoms with van der Waals surface area (Å²) in [7, 11) is 0. The number of fused-ring (bicyclic) bond motifs is 1. The van der Waals surface area contributed by atoms with E-state index in [1.165, 1.54) is 19.3 Å². The molecular formula is C14H24. The van der Waals surface area contributed by atoms with Gasteiger partial charge in [-0.3, -0.25) is 0 Å².